The lowest BCUT2D eigenvalue weighted by atomic mass is 10.2. The molecule has 0 spiro atoms. The zero-order valence-corrected chi connectivity index (χ0v) is 17.5. The van der Waals surface area contributed by atoms with E-state index in [9.17, 15) is 27.2 Å². The number of imide groups is 1. The number of carbonyl (C=O) groups excluding carboxylic acids is 2. The monoisotopic (exact) mass is 453 g/mol. The molecule has 32 heavy (non-hydrogen) atoms. The van der Waals surface area contributed by atoms with Gasteiger partial charge in [-0.3, -0.25) is 9.48 Å². The van der Waals surface area contributed by atoms with Gasteiger partial charge in [-0.05, 0) is 45.0 Å². The Morgan fingerprint density at radius 2 is 1.97 bits per heavy atom. The van der Waals surface area contributed by atoms with Gasteiger partial charge in [0.25, 0.3) is 0 Å². The normalized spacial score (nSPS) is 11.7. The van der Waals surface area contributed by atoms with Gasteiger partial charge in [-0.15, -0.1) is 0 Å². The molecule has 8 nitrogen and oxygen atoms in total. The number of aryl methyl sites for hydroxylation is 2. The number of alkyl halides is 3. The average Bonchev–Trinajstić information content (AvgIpc) is 2.96. The summed E-state index contributed by atoms with van der Waals surface area (Å²) in [4.78, 5) is 29.5. The highest BCUT2D eigenvalue weighted by atomic mass is 19.4. The molecule has 0 bridgehead atoms. The summed E-state index contributed by atoms with van der Waals surface area (Å²) in [7, 11) is 1.66. The van der Waals surface area contributed by atoms with Crippen molar-refractivity contribution in [2.24, 2.45) is 7.05 Å². The van der Waals surface area contributed by atoms with Crippen molar-refractivity contribution in [1.29, 1.82) is 0 Å². The van der Waals surface area contributed by atoms with E-state index < -0.39 is 23.6 Å². The molecule has 3 aromatic rings. The molecular weight excluding hydrogens is 434 g/mol. The SMILES string of the molecule is Cc1nn(C)c2nc(OC(C)C)c(N(C=O)C(=O)Nc3ccc(F)c(C(F)(F)F)c3)cc12. The number of fused-ring (bicyclic) bond motifs is 1. The summed E-state index contributed by atoms with van der Waals surface area (Å²) in [5.41, 5.74) is -0.916. The predicted molar refractivity (Wildman–Crippen MR) is 108 cm³/mol. The predicted octanol–water partition coefficient (Wildman–Crippen LogP) is 4.42. The number of nitrogens with one attached hydrogen (secondary N) is 1. The minimum absolute atomic E-state index is 0.0343. The second-order valence-electron chi connectivity index (χ2n) is 7.16. The van der Waals surface area contributed by atoms with Gasteiger partial charge in [0, 0.05) is 18.1 Å². The fourth-order valence-electron chi connectivity index (χ4n) is 3.02. The third-order valence-electron chi connectivity index (χ3n) is 4.40. The highest BCUT2D eigenvalue weighted by Crippen LogP contribution is 2.34. The van der Waals surface area contributed by atoms with Crippen LogP contribution in [0.2, 0.25) is 0 Å². The molecule has 170 valence electrons. The van der Waals surface area contributed by atoms with E-state index in [1.165, 1.54) is 10.7 Å². The van der Waals surface area contributed by atoms with Crippen molar-refractivity contribution in [1.82, 2.24) is 14.8 Å². The average molecular weight is 453 g/mol. The van der Waals surface area contributed by atoms with E-state index in [1.54, 1.807) is 27.8 Å². The van der Waals surface area contributed by atoms with E-state index in [0.717, 1.165) is 6.07 Å². The summed E-state index contributed by atoms with van der Waals surface area (Å²) in [5, 5.41) is 6.94. The van der Waals surface area contributed by atoms with Crippen LogP contribution in [0.5, 0.6) is 5.88 Å². The first-order chi connectivity index (χ1) is 14.9. The third-order valence-corrected chi connectivity index (χ3v) is 4.40. The summed E-state index contributed by atoms with van der Waals surface area (Å²) in [6.45, 7) is 5.14. The number of hydrogen-bond donors (Lipinski definition) is 1. The molecule has 0 aliphatic rings. The molecule has 2 aromatic heterocycles. The van der Waals surface area contributed by atoms with Gasteiger partial charge < -0.3 is 10.1 Å². The quantitative estimate of drug-likeness (QED) is 0.457. The molecule has 12 heteroatoms. The number of anilines is 2. The molecule has 2 heterocycles. The largest absolute Gasteiger partial charge is 0.473 e. The van der Waals surface area contributed by atoms with Gasteiger partial charge >= 0.3 is 12.2 Å². The Morgan fingerprint density at radius 1 is 1.28 bits per heavy atom. The first kappa shape index (κ1) is 23.0. The topological polar surface area (TPSA) is 89.3 Å². The third kappa shape index (κ3) is 4.48. The second kappa shape index (κ2) is 8.44. The first-order valence-electron chi connectivity index (χ1n) is 9.35. The summed E-state index contributed by atoms with van der Waals surface area (Å²) in [5.74, 6) is -1.54. The highest BCUT2D eigenvalue weighted by molar-refractivity contribution is 6.13. The number of aromatic nitrogens is 3. The molecular formula is C20H19F4N5O3. The van der Waals surface area contributed by atoms with Crippen molar-refractivity contribution in [2.45, 2.75) is 33.1 Å². The number of amides is 3. The Labute approximate surface area is 179 Å². The van der Waals surface area contributed by atoms with E-state index in [0.29, 0.717) is 33.8 Å². The van der Waals surface area contributed by atoms with Crippen molar-refractivity contribution < 1.29 is 31.9 Å². The van der Waals surface area contributed by atoms with Gasteiger partial charge in [0.2, 0.25) is 12.3 Å². The van der Waals surface area contributed by atoms with E-state index in [-0.39, 0.29) is 29.8 Å². The Hall–Kier alpha value is -3.70. The van der Waals surface area contributed by atoms with Gasteiger partial charge in [0.05, 0.1) is 17.4 Å². The molecule has 0 unspecified atom stereocenters. The van der Waals surface area contributed by atoms with Crippen LogP contribution in [0.15, 0.2) is 24.3 Å². The number of nitrogens with zero attached hydrogens (tertiary/aromatic N) is 4. The molecule has 0 aliphatic heterocycles. The number of hydrogen-bond acceptors (Lipinski definition) is 5. The van der Waals surface area contributed by atoms with Crippen LogP contribution in [-0.2, 0) is 18.0 Å². The summed E-state index contributed by atoms with van der Waals surface area (Å²) in [6.07, 6.45) is -5.15. The van der Waals surface area contributed by atoms with Gasteiger partial charge in [-0.25, -0.2) is 14.1 Å². The Bertz CT molecular complexity index is 1190. The van der Waals surface area contributed by atoms with Crippen LogP contribution in [0.1, 0.15) is 25.1 Å². The number of benzene rings is 1. The Morgan fingerprint density at radius 3 is 2.56 bits per heavy atom. The zero-order valence-electron chi connectivity index (χ0n) is 17.5. The van der Waals surface area contributed by atoms with Crippen LogP contribution in [-0.4, -0.2) is 33.3 Å². The van der Waals surface area contributed by atoms with Gasteiger partial charge in [-0.2, -0.15) is 23.3 Å². The number of halogens is 4. The number of pyridine rings is 1. The molecule has 0 saturated carbocycles. The lowest BCUT2D eigenvalue weighted by molar-refractivity contribution is -0.139. The maximum atomic E-state index is 13.5. The van der Waals surface area contributed by atoms with E-state index >= 15 is 0 Å². The van der Waals surface area contributed by atoms with Crippen LogP contribution in [0.4, 0.5) is 33.7 Å². The van der Waals surface area contributed by atoms with Crippen molar-refractivity contribution >= 4 is 34.8 Å². The molecule has 0 radical (unpaired) electrons. The minimum atomic E-state index is -4.96. The first-order valence-corrected chi connectivity index (χ1v) is 9.35. The Balaban J connectivity index is 2.03. The highest BCUT2D eigenvalue weighted by Gasteiger charge is 2.34. The lowest BCUT2D eigenvalue weighted by Crippen LogP contribution is -2.34. The van der Waals surface area contributed by atoms with E-state index in [2.05, 4.69) is 15.4 Å². The molecule has 0 atom stereocenters. The molecule has 0 aliphatic carbocycles. The molecule has 1 aromatic carbocycles. The molecule has 0 saturated heterocycles. The Kier molecular flexibility index (Phi) is 6.06. The maximum Gasteiger partial charge on any atom is 0.419 e. The van der Waals surface area contributed by atoms with Crippen molar-refractivity contribution in [3.05, 3.63) is 41.3 Å². The minimum Gasteiger partial charge on any atom is -0.473 e. The van der Waals surface area contributed by atoms with Gasteiger partial charge in [0.15, 0.2) is 5.65 Å². The summed E-state index contributed by atoms with van der Waals surface area (Å²) >= 11 is 0. The smallest absolute Gasteiger partial charge is 0.419 e. The van der Waals surface area contributed by atoms with Crippen LogP contribution >= 0.6 is 0 Å². The zero-order chi connectivity index (χ0) is 23.8. The number of urea groups is 1. The number of carbonyl (C=O) groups is 2. The summed E-state index contributed by atoms with van der Waals surface area (Å²) < 4.78 is 59.6. The number of rotatable bonds is 5. The van der Waals surface area contributed by atoms with Crippen molar-refractivity contribution in [3.63, 3.8) is 0 Å². The van der Waals surface area contributed by atoms with E-state index in [1.807, 2.05) is 0 Å². The second-order valence-corrected chi connectivity index (χ2v) is 7.16. The molecule has 3 amide bonds. The van der Waals surface area contributed by atoms with Crippen molar-refractivity contribution in [3.8, 4) is 5.88 Å². The van der Waals surface area contributed by atoms with Gasteiger partial charge in [0.1, 0.15) is 11.5 Å². The number of ether oxygens (including phenoxy) is 1. The van der Waals surface area contributed by atoms with Crippen molar-refractivity contribution in [2.75, 3.05) is 10.2 Å². The molecule has 3 rings (SSSR count). The lowest BCUT2D eigenvalue weighted by Gasteiger charge is -2.21. The van der Waals surface area contributed by atoms with Gasteiger partial charge in [-0.1, -0.05) is 0 Å². The van der Waals surface area contributed by atoms with E-state index in [4.69, 9.17) is 4.74 Å². The van der Waals surface area contributed by atoms with Crippen LogP contribution in [0.25, 0.3) is 11.0 Å². The fraction of sp³-hybridized carbons (Fsp3) is 0.300. The standard InChI is InChI=1S/C20H19F4N5O3/c1-10(2)32-18-16(8-13-11(3)27-28(4)17(13)26-18)29(9-30)19(31)25-12-5-6-15(21)14(7-12)20(22,23)24/h5-10H,1-4H3,(H,25,31). The van der Waals surface area contributed by atoms with Crippen LogP contribution in [0, 0.1) is 12.7 Å². The van der Waals surface area contributed by atoms with Crippen LogP contribution in [0.3, 0.4) is 0 Å². The van der Waals surface area contributed by atoms with Crippen LogP contribution < -0.4 is 15.0 Å². The fourth-order valence-corrected chi connectivity index (χ4v) is 3.02. The molecule has 1 N–H and O–H groups in total. The molecule has 0 fully saturated rings. The maximum absolute atomic E-state index is 13.5. The summed E-state index contributed by atoms with van der Waals surface area (Å²) in [6, 6.07) is 2.35.